The molecule has 2 heterocycles. The highest BCUT2D eigenvalue weighted by Crippen LogP contribution is 2.57. The highest BCUT2D eigenvalue weighted by atomic mass is 15.2. The molecule has 4 aliphatic rings. The first-order chi connectivity index (χ1) is 12.7. The van der Waals surface area contributed by atoms with Crippen molar-refractivity contribution < 1.29 is 0 Å². The fourth-order valence-electron chi connectivity index (χ4n) is 5.96. The Morgan fingerprint density at radius 2 is 1.96 bits per heavy atom. The maximum atomic E-state index is 3.52. The largest absolute Gasteiger partial charge is 0.391 e. The van der Waals surface area contributed by atoms with Crippen LogP contribution in [0.5, 0.6) is 0 Å². The highest BCUT2D eigenvalue weighted by molar-refractivity contribution is 5.52. The zero-order valence-corrected chi connectivity index (χ0v) is 16.1. The van der Waals surface area contributed by atoms with Crippen LogP contribution in [0.4, 0.5) is 0 Å². The van der Waals surface area contributed by atoms with Crippen molar-refractivity contribution in [3.05, 3.63) is 70.6 Å². The lowest BCUT2D eigenvalue weighted by Gasteiger charge is -2.47. The van der Waals surface area contributed by atoms with E-state index in [1.54, 1.807) is 22.4 Å². The van der Waals surface area contributed by atoms with Crippen LogP contribution in [-0.4, -0.2) is 24.0 Å². The second kappa shape index (κ2) is 6.04. The Kier molecular flexibility index (Phi) is 3.77. The Morgan fingerprint density at radius 3 is 2.81 bits per heavy atom. The molecule has 0 fully saturated rings. The Bertz CT molecular complexity index is 801. The van der Waals surface area contributed by atoms with Crippen molar-refractivity contribution in [2.45, 2.75) is 52.0 Å². The first-order valence-electron chi connectivity index (χ1n) is 10.3. The Morgan fingerprint density at radius 1 is 1.12 bits per heavy atom. The van der Waals surface area contributed by atoms with Crippen LogP contribution in [0.2, 0.25) is 0 Å². The second-order valence-corrected chi connectivity index (χ2v) is 8.69. The van der Waals surface area contributed by atoms with Crippen LogP contribution in [-0.2, 0) is 6.42 Å². The molecule has 1 aromatic carbocycles. The Balaban J connectivity index is 1.53. The Hall–Kier alpha value is -1.96. The van der Waals surface area contributed by atoms with E-state index >= 15 is 0 Å². The van der Waals surface area contributed by atoms with Crippen molar-refractivity contribution in [2.75, 3.05) is 13.1 Å². The quantitative estimate of drug-likeness (QED) is 0.845. The molecule has 0 saturated carbocycles. The highest BCUT2D eigenvalue weighted by Gasteiger charge is 2.50. The molecule has 2 heteroatoms. The first kappa shape index (κ1) is 16.2. The standard InChI is InChI=1S/C24H30N2/c1-17-23-16-20-19-10-13-25-14-12-24(17,2)21(19)8-9-22(20)26(23)15-11-18-6-4-3-5-7-18/h3-7,12,14,17,23,25H,8-11,13,15-16H2,1-2H3. The van der Waals surface area contributed by atoms with Gasteiger partial charge in [-0.3, -0.25) is 0 Å². The van der Waals surface area contributed by atoms with E-state index in [-0.39, 0.29) is 5.41 Å². The van der Waals surface area contributed by atoms with Gasteiger partial charge < -0.3 is 10.2 Å². The number of benzene rings is 1. The molecule has 0 spiro atoms. The monoisotopic (exact) mass is 346 g/mol. The summed E-state index contributed by atoms with van der Waals surface area (Å²) in [5, 5.41) is 3.52. The zero-order valence-electron chi connectivity index (χ0n) is 16.1. The van der Waals surface area contributed by atoms with Crippen LogP contribution >= 0.6 is 0 Å². The number of hydrogen-bond acceptors (Lipinski definition) is 2. The maximum absolute atomic E-state index is 3.52. The van der Waals surface area contributed by atoms with E-state index < -0.39 is 0 Å². The molecule has 5 rings (SSSR count). The van der Waals surface area contributed by atoms with Gasteiger partial charge >= 0.3 is 0 Å². The van der Waals surface area contributed by atoms with Gasteiger partial charge in [0.25, 0.3) is 0 Å². The third-order valence-corrected chi connectivity index (χ3v) is 7.57. The fourth-order valence-corrected chi connectivity index (χ4v) is 5.96. The molecule has 1 N–H and O–H groups in total. The first-order valence-corrected chi connectivity index (χ1v) is 10.3. The van der Waals surface area contributed by atoms with Crippen LogP contribution < -0.4 is 5.32 Å². The number of nitrogens with one attached hydrogen (secondary N) is 1. The number of likely N-dealkylation sites (tertiary alicyclic amines) is 1. The van der Waals surface area contributed by atoms with Crippen molar-refractivity contribution in [1.82, 2.24) is 10.2 Å². The lowest BCUT2D eigenvalue weighted by molar-refractivity contribution is 0.139. The summed E-state index contributed by atoms with van der Waals surface area (Å²) in [6.07, 6.45) is 10.8. The van der Waals surface area contributed by atoms with Crippen LogP contribution in [0.3, 0.4) is 0 Å². The van der Waals surface area contributed by atoms with Gasteiger partial charge in [-0.1, -0.05) is 55.8 Å². The molecule has 136 valence electrons. The summed E-state index contributed by atoms with van der Waals surface area (Å²) in [6.45, 7) is 7.24. The third-order valence-electron chi connectivity index (χ3n) is 7.57. The molecule has 2 aliphatic carbocycles. The van der Waals surface area contributed by atoms with Crippen molar-refractivity contribution in [2.24, 2.45) is 11.3 Å². The summed E-state index contributed by atoms with van der Waals surface area (Å²) < 4.78 is 0. The van der Waals surface area contributed by atoms with Gasteiger partial charge in [-0.2, -0.15) is 0 Å². The molecule has 2 nitrogen and oxygen atoms in total. The molecule has 26 heavy (non-hydrogen) atoms. The van der Waals surface area contributed by atoms with Crippen molar-refractivity contribution in [1.29, 1.82) is 0 Å². The molecule has 3 atom stereocenters. The summed E-state index contributed by atoms with van der Waals surface area (Å²) in [5.41, 5.74) is 8.53. The van der Waals surface area contributed by atoms with E-state index in [9.17, 15) is 0 Å². The lowest BCUT2D eigenvalue weighted by Crippen LogP contribution is -2.45. The molecule has 0 radical (unpaired) electrons. The molecular weight excluding hydrogens is 316 g/mol. The van der Waals surface area contributed by atoms with Crippen molar-refractivity contribution in [3.63, 3.8) is 0 Å². The van der Waals surface area contributed by atoms with Gasteiger partial charge in [-0.25, -0.2) is 0 Å². The lowest BCUT2D eigenvalue weighted by atomic mass is 9.65. The van der Waals surface area contributed by atoms with Crippen molar-refractivity contribution in [3.8, 4) is 0 Å². The molecule has 1 aromatic rings. The van der Waals surface area contributed by atoms with Gasteiger partial charge in [0.05, 0.1) is 0 Å². The SMILES string of the molecule is CC1C2CC3=C(CCC4=C3CCNC=CC41C)N2CCc1ccccc1. The minimum atomic E-state index is 0.201. The molecule has 2 aliphatic heterocycles. The van der Waals surface area contributed by atoms with Crippen molar-refractivity contribution >= 4 is 0 Å². The predicted molar refractivity (Wildman–Crippen MR) is 108 cm³/mol. The van der Waals surface area contributed by atoms with E-state index in [2.05, 4.69) is 66.7 Å². The summed E-state index contributed by atoms with van der Waals surface area (Å²) >= 11 is 0. The van der Waals surface area contributed by atoms with Crippen LogP contribution in [0.15, 0.2) is 65.0 Å². The van der Waals surface area contributed by atoms with Gasteiger partial charge in [0.15, 0.2) is 0 Å². The Labute approximate surface area is 157 Å². The number of allylic oxidation sites excluding steroid dienone is 3. The third kappa shape index (κ3) is 2.31. The molecule has 0 aromatic heterocycles. The minimum absolute atomic E-state index is 0.201. The van der Waals surface area contributed by atoms with E-state index in [0.29, 0.717) is 12.0 Å². The molecule has 0 amide bonds. The van der Waals surface area contributed by atoms with E-state index in [4.69, 9.17) is 0 Å². The number of hydrogen-bond donors (Lipinski definition) is 1. The summed E-state index contributed by atoms with van der Waals surface area (Å²) in [4.78, 5) is 2.81. The van der Waals surface area contributed by atoms with Crippen LogP contribution in [0.1, 0.15) is 45.1 Å². The fraction of sp³-hybridized carbons (Fsp3) is 0.500. The zero-order chi connectivity index (χ0) is 17.7. The smallest absolute Gasteiger partial charge is 0.0365 e. The van der Waals surface area contributed by atoms with Gasteiger partial charge in [0, 0.05) is 30.2 Å². The predicted octanol–water partition coefficient (Wildman–Crippen LogP) is 4.81. The normalized spacial score (nSPS) is 32.5. The second-order valence-electron chi connectivity index (χ2n) is 8.69. The molecular formula is C24H30N2. The minimum Gasteiger partial charge on any atom is -0.391 e. The van der Waals surface area contributed by atoms with Crippen LogP contribution in [0, 0.1) is 11.3 Å². The average molecular weight is 347 g/mol. The van der Waals surface area contributed by atoms with Gasteiger partial charge in [0.1, 0.15) is 0 Å². The molecule has 0 saturated heterocycles. The van der Waals surface area contributed by atoms with E-state index in [1.165, 1.54) is 37.8 Å². The topological polar surface area (TPSA) is 15.3 Å². The average Bonchev–Trinajstić information content (AvgIpc) is 3.00. The van der Waals surface area contributed by atoms with E-state index in [0.717, 1.165) is 13.0 Å². The summed E-state index contributed by atoms with van der Waals surface area (Å²) in [6, 6.07) is 11.7. The number of fused-ring (bicyclic) bond motifs is 1. The van der Waals surface area contributed by atoms with Gasteiger partial charge in [0.2, 0.25) is 0 Å². The molecule has 5 bridgehead atoms. The van der Waals surface area contributed by atoms with E-state index in [1.807, 2.05) is 0 Å². The van der Waals surface area contributed by atoms with Gasteiger partial charge in [-0.15, -0.1) is 0 Å². The maximum Gasteiger partial charge on any atom is 0.0365 e. The summed E-state index contributed by atoms with van der Waals surface area (Å²) in [5.74, 6) is 0.648. The number of nitrogens with zero attached hydrogens (tertiary/aromatic N) is 1. The van der Waals surface area contributed by atoms with Crippen LogP contribution in [0.25, 0.3) is 0 Å². The number of rotatable bonds is 3. The molecule has 3 unspecified atom stereocenters. The van der Waals surface area contributed by atoms with Gasteiger partial charge in [-0.05, 0) is 60.9 Å². The summed E-state index contributed by atoms with van der Waals surface area (Å²) in [7, 11) is 0.